The van der Waals surface area contributed by atoms with Crippen molar-refractivity contribution < 1.29 is 0 Å². The smallest absolute Gasteiger partial charge is 0.0284 e. The van der Waals surface area contributed by atoms with Crippen LogP contribution in [0.15, 0.2) is 60.7 Å². The highest BCUT2D eigenvalue weighted by Gasteiger charge is 2.41. The molecule has 2 aromatic carbocycles. The number of allylic oxidation sites excluding steroid dienone is 4. The van der Waals surface area contributed by atoms with Gasteiger partial charge in [-0.2, -0.15) is 0 Å². The summed E-state index contributed by atoms with van der Waals surface area (Å²) in [7, 11) is 0. The maximum atomic E-state index is 2.40. The molecule has 0 heteroatoms. The summed E-state index contributed by atoms with van der Waals surface area (Å²) in [4.78, 5) is 0. The van der Waals surface area contributed by atoms with Crippen LogP contribution in [0.1, 0.15) is 35.1 Å². The SMILES string of the molecule is Cc1ccc2c(c1)C1(CC=CC=CC1)c1cc(C)ccc1-2. The van der Waals surface area contributed by atoms with E-state index in [2.05, 4.69) is 74.5 Å². The van der Waals surface area contributed by atoms with E-state index in [0.29, 0.717) is 0 Å². The van der Waals surface area contributed by atoms with Gasteiger partial charge in [-0.05, 0) is 48.9 Å². The fourth-order valence-corrected chi connectivity index (χ4v) is 3.94. The molecule has 0 N–H and O–H groups in total. The third kappa shape index (κ3) is 1.75. The van der Waals surface area contributed by atoms with E-state index < -0.39 is 0 Å². The Labute approximate surface area is 126 Å². The summed E-state index contributed by atoms with van der Waals surface area (Å²) in [6.45, 7) is 4.40. The summed E-state index contributed by atoms with van der Waals surface area (Å²) in [5.41, 5.74) is 8.73. The number of rotatable bonds is 0. The second-order valence-electron chi connectivity index (χ2n) is 6.44. The zero-order chi connectivity index (χ0) is 14.4. The average Bonchev–Trinajstić information content (AvgIpc) is 2.65. The van der Waals surface area contributed by atoms with Gasteiger partial charge in [-0.25, -0.2) is 0 Å². The summed E-state index contributed by atoms with van der Waals surface area (Å²) in [6, 6.07) is 13.9. The zero-order valence-electron chi connectivity index (χ0n) is 12.7. The van der Waals surface area contributed by atoms with Crippen molar-refractivity contribution in [3.63, 3.8) is 0 Å². The van der Waals surface area contributed by atoms with Crippen molar-refractivity contribution >= 4 is 0 Å². The van der Waals surface area contributed by atoms with Crippen LogP contribution in [0.3, 0.4) is 0 Å². The molecule has 0 unspecified atom stereocenters. The molecule has 0 saturated carbocycles. The lowest BCUT2D eigenvalue weighted by Gasteiger charge is -2.30. The first-order valence-corrected chi connectivity index (χ1v) is 7.75. The van der Waals surface area contributed by atoms with Gasteiger partial charge in [0.15, 0.2) is 0 Å². The second kappa shape index (κ2) is 4.46. The summed E-state index contributed by atoms with van der Waals surface area (Å²) < 4.78 is 0. The second-order valence-corrected chi connectivity index (χ2v) is 6.44. The Hall–Kier alpha value is -2.08. The Morgan fingerprint density at radius 1 is 0.714 bits per heavy atom. The molecule has 4 rings (SSSR count). The molecule has 21 heavy (non-hydrogen) atoms. The van der Waals surface area contributed by atoms with Gasteiger partial charge in [0.2, 0.25) is 0 Å². The minimum Gasteiger partial charge on any atom is -0.0833 e. The highest BCUT2D eigenvalue weighted by atomic mass is 14.4. The third-order valence-corrected chi connectivity index (χ3v) is 4.99. The van der Waals surface area contributed by atoms with Crippen LogP contribution >= 0.6 is 0 Å². The minimum atomic E-state index is 0.131. The quantitative estimate of drug-likeness (QED) is 0.596. The standard InChI is InChI=1S/C21H20/c1-15-7-9-17-18-10-8-16(2)14-20(18)21(19(17)13-15)11-5-3-4-6-12-21/h3-10,13-14H,11-12H2,1-2H3. The van der Waals surface area contributed by atoms with E-state index in [4.69, 9.17) is 0 Å². The predicted octanol–water partition coefficient (Wildman–Crippen LogP) is 5.48. The molecule has 0 saturated heterocycles. The average molecular weight is 272 g/mol. The first-order valence-electron chi connectivity index (χ1n) is 7.75. The molecule has 0 bridgehead atoms. The van der Waals surface area contributed by atoms with Gasteiger partial charge < -0.3 is 0 Å². The highest BCUT2D eigenvalue weighted by molar-refractivity contribution is 5.82. The van der Waals surface area contributed by atoms with Gasteiger partial charge in [0.25, 0.3) is 0 Å². The lowest BCUT2D eigenvalue weighted by atomic mass is 9.73. The van der Waals surface area contributed by atoms with Gasteiger partial charge in [0.05, 0.1) is 0 Å². The van der Waals surface area contributed by atoms with Crippen molar-refractivity contribution in [1.82, 2.24) is 0 Å². The Morgan fingerprint density at radius 2 is 1.19 bits per heavy atom. The maximum Gasteiger partial charge on any atom is 0.0284 e. The molecule has 104 valence electrons. The van der Waals surface area contributed by atoms with Crippen molar-refractivity contribution in [2.24, 2.45) is 0 Å². The summed E-state index contributed by atoms with van der Waals surface area (Å²) >= 11 is 0. The van der Waals surface area contributed by atoms with Crippen LogP contribution in [0.25, 0.3) is 11.1 Å². The topological polar surface area (TPSA) is 0 Å². The molecule has 2 aliphatic rings. The van der Waals surface area contributed by atoms with Gasteiger partial charge >= 0.3 is 0 Å². The summed E-state index contributed by atoms with van der Waals surface area (Å²) in [6.07, 6.45) is 11.2. The Balaban J connectivity index is 2.06. The van der Waals surface area contributed by atoms with Gasteiger partial charge in [-0.1, -0.05) is 71.8 Å². The number of fused-ring (bicyclic) bond motifs is 5. The van der Waals surface area contributed by atoms with Crippen molar-refractivity contribution in [2.45, 2.75) is 32.1 Å². The summed E-state index contributed by atoms with van der Waals surface area (Å²) in [5.74, 6) is 0. The van der Waals surface area contributed by atoms with Crippen molar-refractivity contribution in [1.29, 1.82) is 0 Å². The maximum absolute atomic E-state index is 2.40. The van der Waals surface area contributed by atoms with Crippen LogP contribution in [-0.4, -0.2) is 0 Å². The molecule has 0 heterocycles. The third-order valence-electron chi connectivity index (χ3n) is 4.99. The Bertz CT molecular complexity index is 707. The van der Waals surface area contributed by atoms with Crippen LogP contribution in [0.5, 0.6) is 0 Å². The fourth-order valence-electron chi connectivity index (χ4n) is 3.94. The van der Waals surface area contributed by atoms with Crippen molar-refractivity contribution in [3.05, 3.63) is 83.0 Å². The number of benzene rings is 2. The van der Waals surface area contributed by atoms with E-state index in [-0.39, 0.29) is 5.41 Å². The fraction of sp³-hybridized carbons (Fsp3) is 0.238. The molecule has 0 nitrogen and oxygen atoms in total. The molecule has 0 atom stereocenters. The van der Waals surface area contributed by atoms with Crippen LogP contribution in [0.4, 0.5) is 0 Å². The van der Waals surface area contributed by atoms with Gasteiger partial charge in [-0.15, -0.1) is 0 Å². The van der Waals surface area contributed by atoms with Crippen LogP contribution in [0.2, 0.25) is 0 Å². The van der Waals surface area contributed by atoms with Gasteiger partial charge in [-0.3, -0.25) is 0 Å². The van der Waals surface area contributed by atoms with E-state index >= 15 is 0 Å². The zero-order valence-corrected chi connectivity index (χ0v) is 12.7. The molecule has 0 radical (unpaired) electrons. The lowest BCUT2D eigenvalue weighted by Crippen LogP contribution is -2.23. The van der Waals surface area contributed by atoms with Crippen LogP contribution < -0.4 is 0 Å². The monoisotopic (exact) mass is 272 g/mol. The first kappa shape index (κ1) is 12.6. The normalized spacial score (nSPS) is 17.6. The van der Waals surface area contributed by atoms with Crippen molar-refractivity contribution in [2.75, 3.05) is 0 Å². The summed E-state index contributed by atoms with van der Waals surface area (Å²) in [5, 5.41) is 0. The Kier molecular flexibility index (Phi) is 2.68. The van der Waals surface area contributed by atoms with Crippen molar-refractivity contribution in [3.8, 4) is 11.1 Å². The first-order chi connectivity index (χ1) is 10.2. The van der Waals surface area contributed by atoms with E-state index in [1.54, 1.807) is 0 Å². The molecule has 2 aromatic rings. The number of hydrogen-bond acceptors (Lipinski definition) is 0. The molecule has 0 aliphatic heterocycles. The van der Waals surface area contributed by atoms with Gasteiger partial charge in [0, 0.05) is 5.41 Å². The lowest BCUT2D eigenvalue weighted by molar-refractivity contribution is 0.544. The number of aryl methyl sites for hydroxylation is 2. The number of hydrogen-bond donors (Lipinski definition) is 0. The van der Waals surface area contributed by atoms with Crippen LogP contribution in [-0.2, 0) is 5.41 Å². The van der Waals surface area contributed by atoms with E-state index in [9.17, 15) is 0 Å². The van der Waals surface area contributed by atoms with E-state index in [1.165, 1.54) is 33.4 Å². The van der Waals surface area contributed by atoms with Gasteiger partial charge in [0.1, 0.15) is 0 Å². The minimum absolute atomic E-state index is 0.131. The highest BCUT2D eigenvalue weighted by Crippen LogP contribution is 2.53. The Morgan fingerprint density at radius 3 is 1.67 bits per heavy atom. The van der Waals surface area contributed by atoms with Crippen LogP contribution in [0, 0.1) is 13.8 Å². The molecule has 2 aliphatic carbocycles. The molecule has 0 fully saturated rings. The largest absolute Gasteiger partial charge is 0.0833 e. The molecule has 0 aromatic heterocycles. The van der Waals surface area contributed by atoms with E-state index in [0.717, 1.165) is 12.8 Å². The van der Waals surface area contributed by atoms with E-state index in [1.807, 2.05) is 0 Å². The predicted molar refractivity (Wildman–Crippen MR) is 89.6 cm³/mol. The molecule has 1 spiro atoms. The molecular formula is C21H20. The molecule has 0 amide bonds. The molecular weight excluding hydrogens is 252 g/mol.